The van der Waals surface area contributed by atoms with Crippen molar-refractivity contribution in [1.29, 1.82) is 0 Å². The Morgan fingerprint density at radius 2 is 1.73 bits per heavy atom. The zero-order valence-electron chi connectivity index (χ0n) is 20.1. The number of hydrogen-bond donors (Lipinski definition) is 2. The second-order valence-electron chi connectivity index (χ2n) is 9.07. The first-order valence-corrected chi connectivity index (χ1v) is 11.5. The third kappa shape index (κ3) is 8.25. The maximum Gasteiger partial charge on any atom is 0.191 e. The van der Waals surface area contributed by atoms with Crippen LogP contribution in [0.1, 0.15) is 32.8 Å². The Balaban J connectivity index is 1.72. The van der Waals surface area contributed by atoms with Crippen molar-refractivity contribution in [3.63, 3.8) is 0 Å². The number of guanidine groups is 1. The molecule has 1 aliphatic rings. The molecule has 0 aromatic heterocycles. The van der Waals surface area contributed by atoms with Crippen molar-refractivity contribution >= 4 is 5.96 Å². The standard InChI is InChI=1S/C24H44N6/c1-20(2)23(30-16-14-28(5)15-17-30)18-27-24(25-4)26-13-12-21(3)29(6)19-22-10-8-7-9-11-22/h7-11,20-21,23H,12-19H2,1-6H3,(H2,25,26,27). The lowest BCUT2D eigenvalue weighted by atomic mass is 10.0. The van der Waals surface area contributed by atoms with Gasteiger partial charge in [0.2, 0.25) is 0 Å². The predicted octanol–water partition coefficient (Wildman–Crippen LogP) is 2.33. The van der Waals surface area contributed by atoms with E-state index in [-0.39, 0.29) is 0 Å². The Morgan fingerprint density at radius 1 is 1.07 bits per heavy atom. The molecule has 2 rings (SSSR count). The van der Waals surface area contributed by atoms with E-state index in [0.29, 0.717) is 18.0 Å². The summed E-state index contributed by atoms with van der Waals surface area (Å²) < 4.78 is 0. The summed E-state index contributed by atoms with van der Waals surface area (Å²) >= 11 is 0. The van der Waals surface area contributed by atoms with Crippen LogP contribution in [0.25, 0.3) is 0 Å². The molecule has 1 saturated heterocycles. The molecule has 0 radical (unpaired) electrons. The number of piperazine rings is 1. The van der Waals surface area contributed by atoms with Gasteiger partial charge in [0, 0.05) is 64.9 Å². The molecule has 1 aromatic rings. The minimum atomic E-state index is 0.504. The van der Waals surface area contributed by atoms with Gasteiger partial charge in [-0.1, -0.05) is 44.2 Å². The molecule has 1 heterocycles. The molecule has 1 aliphatic heterocycles. The lowest BCUT2D eigenvalue weighted by molar-refractivity contribution is 0.0900. The lowest BCUT2D eigenvalue weighted by Gasteiger charge is -2.40. The first-order valence-electron chi connectivity index (χ1n) is 11.5. The van der Waals surface area contributed by atoms with Crippen molar-refractivity contribution in [3.05, 3.63) is 35.9 Å². The van der Waals surface area contributed by atoms with Crippen molar-refractivity contribution in [3.8, 4) is 0 Å². The molecule has 0 bridgehead atoms. The normalized spacial score (nSPS) is 18.6. The van der Waals surface area contributed by atoms with Gasteiger partial charge in [-0.05, 0) is 38.9 Å². The predicted molar refractivity (Wildman–Crippen MR) is 129 cm³/mol. The first kappa shape index (κ1) is 24.6. The second kappa shape index (κ2) is 12.9. The van der Waals surface area contributed by atoms with Crippen molar-refractivity contribution in [2.45, 2.75) is 45.8 Å². The second-order valence-corrected chi connectivity index (χ2v) is 9.07. The van der Waals surface area contributed by atoms with Gasteiger partial charge >= 0.3 is 0 Å². The van der Waals surface area contributed by atoms with E-state index in [9.17, 15) is 0 Å². The molecule has 2 N–H and O–H groups in total. The van der Waals surface area contributed by atoms with Gasteiger partial charge in [-0.3, -0.25) is 14.8 Å². The van der Waals surface area contributed by atoms with Crippen molar-refractivity contribution in [2.24, 2.45) is 10.9 Å². The number of aliphatic imine (C=N–C) groups is 1. The quantitative estimate of drug-likeness (QED) is 0.453. The molecule has 0 amide bonds. The lowest BCUT2D eigenvalue weighted by Crippen LogP contribution is -2.55. The van der Waals surface area contributed by atoms with Crippen LogP contribution in [-0.4, -0.2) is 93.2 Å². The zero-order chi connectivity index (χ0) is 21.9. The fourth-order valence-electron chi connectivity index (χ4n) is 4.01. The van der Waals surface area contributed by atoms with Gasteiger partial charge in [-0.15, -0.1) is 0 Å². The van der Waals surface area contributed by atoms with Gasteiger partial charge in [0.25, 0.3) is 0 Å². The van der Waals surface area contributed by atoms with E-state index >= 15 is 0 Å². The van der Waals surface area contributed by atoms with Crippen LogP contribution in [0.5, 0.6) is 0 Å². The van der Waals surface area contributed by atoms with Crippen molar-refractivity contribution in [2.75, 3.05) is 60.4 Å². The van der Waals surface area contributed by atoms with E-state index in [2.05, 4.69) is 95.5 Å². The molecule has 0 spiro atoms. The highest BCUT2D eigenvalue weighted by Crippen LogP contribution is 2.13. The van der Waals surface area contributed by atoms with Gasteiger partial charge in [0.15, 0.2) is 5.96 Å². The van der Waals surface area contributed by atoms with Gasteiger partial charge in [0.05, 0.1) is 0 Å². The zero-order valence-corrected chi connectivity index (χ0v) is 20.1. The van der Waals surface area contributed by atoms with Crippen molar-refractivity contribution in [1.82, 2.24) is 25.3 Å². The Hall–Kier alpha value is -1.63. The fourth-order valence-corrected chi connectivity index (χ4v) is 4.01. The van der Waals surface area contributed by atoms with Crippen LogP contribution in [0, 0.1) is 5.92 Å². The average Bonchev–Trinajstić information content (AvgIpc) is 2.74. The molecule has 1 fully saturated rings. The molecular weight excluding hydrogens is 372 g/mol. The number of benzene rings is 1. The minimum Gasteiger partial charge on any atom is -0.356 e. The number of nitrogens with zero attached hydrogens (tertiary/aromatic N) is 4. The number of likely N-dealkylation sites (N-methyl/N-ethyl adjacent to an activating group) is 1. The van der Waals surface area contributed by atoms with Crippen LogP contribution in [0.15, 0.2) is 35.3 Å². The first-order chi connectivity index (χ1) is 14.4. The van der Waals surface area contributed by atoms with E-state index in [1.165, 1.54) is 5.56 Å². The largest absolute Gasteiger partial charge is 0.356 e. The monoisotopic (exact) mass is 416 g/mol. The highest BCUT2D eigenvalue weighted by Gasteiger charge is 2.25. The van der Waals surface area contributed by atoms with Crippen molar-refractivity contribution < 1.29 is 0 Å². The van der Waals surface area contributed by atoms with Crippen LogP contribution in [-0.2, 0) is 6.54 Å². The molecule has 6 heteroatoms. The summed E-state index contributed by atoms with van der Waals surface area (Å²) in [6.07, 6.45) is 1.08. The molecule has 0 aliphatic carbocycles. The maximum absolute atomic E-state index is 4.44. The van der Waals surface area contributed by atoms with Gasteiger partial charge in [-0.25, -0.2) is 0 Å². The molecule has 1 aromatic carbocycles. The summed E-state index contributed by atoms with van der Waals surface area (Å²) in [5.74, 6) is 1.53. The Kier molecular flexibility index (Phi) is 10.6. The minimum absolute atomic E-state index is 0.504. The SMILES string of the molecule is CN=C(NCCC(C)N(C)Cc1ccccc1)NCC(C(C)C)N1CCN(C)CC1. The summed E-state index contributed by atoms with van der Waals surface area (Å²) in [5.41, 5.74) is 1.36. The summed E-state index contributed by atoms with van der Waals surface area (Å²) in [6.45, 7) is 14.4. The van der Waals surface area contributed by atoms with Crippen LogP contribution in [0.2, 0.25) is 0 Å². The van der Waals surface area contributed by atoms with Gasteiger partial charge in [0.1, 0.15) is 0 Å². The number of hydrogen-bond acceptors (Lipinski definition) is 4. The maximum atomic E-state index is 4.44. The molecule has 30 heavy (non-hydrogen) atoms. The summed E-state index contributed by atoms with van der Waals surface area (Å²) in [6, 6.07) is 11.7. The van der Waals surface area contributed by atoms with E-state index in [1.54, 1.807) is 0 Å². The van der Waals surface area contributed by atoms with Crippen LogP contribution >= 0.6 is 0 Å². The Morgan fingerprint density at radius 3 is 2.33 bits per heavy atom. The third-order valence-corrected chi connectivity index (χ3v) is 6.36. The fraction of sp³-hybridized carbons (Fsp3) is 0.708. The van der Waals surface area contributed by atoms with Crippen LogP contribution in [0.3, 0.4) is 0 Å². The van der Waals surface area contributed by atoms with E-state index in [4.69, 9.17) is 0 Å². The molecule has 2 atom stereocenters. The summed E-state index contributed by atoms with van der Waals surface area (Å²) in [5, 5.41) is 7.08. The van der Waals surface area contributed by atoms with E-state index in [1.807, 2.05) is 7.05 Å². The molecule has 6 nitrogen and oxygen atoms in total. The number of rotatable bonds is 10. The Bertz CT molecular complexity index is 609. The van der Waals surface area contributed by atoms with E-state index < -0.39 is 0 Å². The molecule has 0 saturated carbocycles. The highest BCUT2D eigenvalue weighted by atomic mass is 15.3. The molecular formula is C24H44N6. The van der Waals surface area contributed by atoms with Gasteiger partial charge < -0.3 is 15.5 Å². The smallest absolute Gasteiger partial charge is 0.191 e. The van der Waals surface area contributed by atoms with E-state index in [0.717, 1.165) is 58.2 Å². The van der Waals surface area contributed by atoms with Crippen LogP contribution < -0.4 is 10.6 Å². The number of nitrogens with one attached hydrogen (secondary N) is 2. The average molecular weight is 417 g/mol. The topological polar surface area (TPSA) is 46.1 Å². The molecule has 2 unspecified atom stereocenters. The van der Waals surface area contributed by atoms with Crippen LogP contribution in [0.4, 0.5) is 0 Å². The Labute approximate surface area is 184 Å². The summed E-state index contributed by atoms with van der Waals surface area (Å²) in [4.78, 5) is 11.9. The highest BCUT2D eigenvalue weighted by molar-refractivity contribution is 5.79. The van der Waals surface area contributed by atoms with Gasteiger partial charge in [-0.2, -0.15) is 0 Å². The molecule has 170 valence electrons. The third-order valence-electron chi connectivity index (χ3n) is 6.36. The summed E-state index contributed by atoms with van der Waals surface area (Å²) in [7, 11) is 6.28.